The van der Waals surface area contributed by atoms with Gasteiger partial charge in [0.2, 0.25) is 5.95 Å². The van der Waals surface area contributed by atoms with Crippen LogP contribution in [-0.4, -0.2) is 15.9 Å². The number of carbonyl (C=O) groups is 1. The van der Waals surface area contributed by atoms with Crippen molar-refractivity contribution in [2.75, 3.05) is 5.32 Å². The molecule has 0 bridgehead atoms. The van der Waals surface area contributed by atoms with E-state index >= 15 is 0 Å². The topological polar surface area (TPSA) is 90.7 Å². The van der Waals surface area contributed by atoms with Crippen LogP contribution in [0.4, 0.5) is 5.95 Å². The third-order valence-corrected chi connectivity index (χ3v) is 3.04. The maximum atomic E-state index is 11.9. The summed E-state index contributed by atoms with van der Waals surface area (Å²) in [6, 6.07) is 11.3. The molecule has 6 nitrogen and oxygen atoms in total. The van der Waals surface area contributed by atoms with E-state index in [4.69, 9.17) is 5.26 Å². The molecule has 1 aromatic carbocycles. The highest BCUT2D eigenvalue weighted by molar-refractivity contribution is 9.10. The average Bonchev–Trinajstić information content (AvgIpc) is 2.56. The summed E-state index contributed by atoms with van der Waals surface area (Å²) in [7, 11) is 0. The smallest absolute Gasteiger partial charge is 0.263 e. The normalized spacial score (nSPS) is 10.6. The van der Waals surface area contributed by atoms with Crippen LogP contribution in [0.3, 0.4) is 0 Å². The first-order valence-electron chi connectivity index (χ1n) is 6.35. The van der Waals surface area contributed by atoms with E-state index in [1.807, 2.05) is 36.4 Å². The summed E-state index contributed by atoms with van der Waals surface area (Å²) in [6.07, 6.45) is 4.40. The zero-order valence-corrected chi connectivity index (χ0v) is 13.0. The molecule has 1 aromatic heterocycles. The monoisotopic (exact) mass is 357 g/mol. The fourth-order valence-electron chi connectivity index (χ4n) is 1.55. The number of anilines is 1. The minimum Gasteiger partial charge on any atom is -0.347 e. The molecule has 0 saturated heterocycles. The lowest BCUT2D eigenvalue weighted by atomic mass is 10.2. The Balaban J connectivity index is 1.95. The number of amides is 1. The van der Waals surface area contributed by atoms with E-state index in [-0.39, 0.29) is 5.57 Å². The van der Waals surface area contributed by atoms with Crippen molar-refractivity contribution < 1.29 is 4.79 Å². The molecular weight excluding hydrogens is 346 g/mol. The molecule has 0 aliphatic rings. The lowest BCUT2D eigenvalue weighted by Gasteiger charge is -2.04. The van der Waals surface area contributed by atoms with Crippen LogP contribution in [0.2, 0.25) is 0 Å². The van der Waals surface area contributed by atoms with Gasteiger partial charge in [-0.1, -0.05) is 30.3 Å². The van der Waals surface area contributed by atoms with Gasteiger partial charge in [-0.2, -0.15) is 5.26 Å². The Morgan fingerprint density at radius 2 is 1.95 bits per heavy atom. The Labute approximate surface area is 136 Å². The molecule has 0 saturated carbocycles. The van der Waals surface area contributed by atoms with Gasteiger partial charge in [0.05, 0.1) is 4.47 Å². The molecule has 0 unspecified atom stereocenters. The number of carbonyl (C=O) groups excluding carboxylic acids is 1. The van der Waals surface area contributed by atoms with Crippen molar-refractivity contribution in [1.29, 1.82) is 5.26 Å². The summed E-state index contributed by atoms with van der Waals surface area (Å²) in [5.41, 5.74) is 0.903. The van der Waals surface area contributed by atoms with E-state index in [0.29, 0.717) is 12.5 Å². The van der Waals surface area contributed by atoms with Crippen LogP contribution in [-0.2, 0) is 11.3 Å². The van der Waals surface area contributed by atoms with Crippen molar-refractivity contribution in [3.05, 3.63) is 64.5 Å². The summed E-state index contributed by atoms with van der Waals surface area (Å²) in [5.74, 6) is -0.164. The van der Waals surface area contributed by atoms with Crippen LogP contribution in [0.15, 0.2) is 59.0 Å². The van der Waals surface area contributed by atoms with E-state index in [2.05, 4.69) is 36.5 Å². The number of aromatic nitrogens is 2. The van der Waals surface area contributed by atoms with Gasteiger partial charge in [0.1, 0.15) is 11.6 Å². The quantitative estimate of drug-likeness (QED) is 0.633. The van der Waals surface area contributed by atoms with Gasteiger partial charge in [-0.3, -0.25) is 4.79 Å². The van der Waals surface area contributed by atoms with Crippen molar-refractivity contribution in [3.63, 3.8) is 0 Å². The van der Waals surface area contributed by atoms with E-state index in [0.717, 1.165) is 10.0 Å². The number of benzene rings is 1. The highest BCUT2D eigenvalue weighted by Gasteiger charge is 2.08. The van der Waals surface area contributed by atoms with E-state index in [9.17, 15) is 4.79 Å². The Morgan fingerprint density at radius 3 is 2.59 bits per heavy atom. The Morgan fingerprint density at radius 1 is 1.27 bits per heavy atom. The Kier molecular flexibility index (Phi) is 5.63. The minimum absolute atomic E-state index is 0.0533. The minimum atomic E-state index is -0.462. The molecule has 2 rings (SSSR count). The summed E-state index contributed by atoms with van der Waals surface area (Å²) in [6.45, 7) is 0.355. The van der Waals surface area contributed by atoms with Gasteiger partial charge < -0.3 is 10.6 Å². The molecule has 110 valence electrons. The van der Waals surface area contributed by atoms with Gasteiger partial charge in [0, 0.05) is 25.1 Å². The van der Waals surface area contributed by atoms with Gasteiger partial charge >= 0.3 is 0 Å². The molecular formula is C15H12BrN5O. The largest absolute Gasteiger partial charge is 0.347 e. The highest BCUT2D eigenvalue weighted by atomic mass is 79.9. The number of nitriles is 1. The van der Waals surface area contributed by atoms with Gasteiger partial charge in [-0.05, 0) is 21.5 Å². The molecule has 2 N–H and O–H groups in total. The summed E-state index contributed by atoms with van der Waals surface area (Å²) in [5, 5.41) is 14.4. The van der Waals surface area contributed by atoms with E-state index in [1.165, 1.54) is 6.20 Å². The zero-order valence-electron chi connectivity index (χ0n) is 11.5. The lowest BCUT2D eigenvalue weighted by molar-refractivity contribution is -0.117. The van der Waals surface area contributed by atoms with Gasteiger partial charge in [0.25, 0.3) is 5.91 Å². The number of hydrogen-bond donors (Lipinski definition) is 2. The zero-order chi connectivity index (χ0) is 15.8. The predicted molar refractivity (Wildman–Crippen MR) is 85.3 cm³/mol. The Hall–Kier alpha value is -2.72. The number of nitrogens with one attached hydrogen (secondary N) is 2. The molecule has 1 amide bonds. The third-order valence-electron chi connectivity index (χ3n) is 2.63. The van der Waals surface area contributed by atoms with Crippen LogP contribution in [0.25, 0.3) is 0 Å². The van der Waals surface area contributed by atoms with Crippen molar-refractivity contribution in [2.24, 2.45) is 0 Å². The molecule has 0 radical (unpaired) electrons. The molecule has 7 heteroatoms. The molecule has 1 heterocycles. The fourth-order valence-corrected chi connectivity index (χ4v) is 1.75. The summed E-state index contributed by atoms with van der Waals surface area (Å²) >= 11 is 3.22. The maximum Gasteiger partial charge on any atom is 0.263 e. The van der Waals surface area contributed by atoms with Crippen LogP contribution in [0.1, 0.15) is 5.56 Å². The second-order valence-corrected chi connectivity index (χ2v) is 5.12. The van der Waals surface area contributed by atoms with E-state index < -0.39 is 5.91 Å². The van der Waals surface area contributed by atoms with Crippen molar-refractivity contribution in [1.82, 2.24) is 15.3 Å². The van der Waals surface area contributed by atoms with Crippen LogP contribution >= 0.6 is 15.9 Å². The highest BCUT2D eigenvalue weighted by Crippen LogP contribution is 2.07. The number of halogens is 1. The molecule has 2 aromatic rings. The number of rotatable bonds is 5. The summed E-state index contributed by atoms with van der Waals surface area (Å²) in [4.78, 5) is 19.9. The molecule has 0 aliphatic carbocycles. The van der Waals surface area contributed by atoms with E-state index in [1.54, 1.807) is 12.4 Å². The number of nitrogens with zero attached hydrogens (tertiary/aromatic N) is 3. The van der Waals surface area contributed by atoms with Crippen molar-refractivity contribution >= 4 is 27.8 Å². The van der Waals surface area contributed by atoms with Gasteiger partial charge in [-0.25, -0.2) is 9.97 Å². The average molecular weight is 358 g/mol. The van der Waals surface area contributed by atoms with Crippen LogP contribution in [0, 0.1) is 11.3 Å². The second-order valence-electron chi connectivity index (χ2n) is 4.21. The Bertz CT molecular complexity index is 707. The predicted octanol–water partition coefficient (Wildman–Crippen LogP) is 2.37. The molecule has 0 spiro atoms. The van der Waals surface area contributed by atoms with Crippen molar-refractivity contribution in [3.8, 4) is 6.07 Å². The standard InChI is InChI=1S/C15H12BrN5O/c16-13-9-20-15(21-10-13)19-8-12(6-17)14(22)18-7-11-4-2-1-3-5-11/h1-5,8-10H,7H2,(H,18,22)(H,19,20,21)/b12-8-. The SMILES string of the molecule is N#C/C(=C/Nc1ncc(Br)cn1)C(=O)NCc1ccccc1. The number of hydrogen-bond acceptors (Lipinski definition) is 5. The lowest BCUT2D eigenvalue weighted by Crippen LogP contribution is -2.24. The van der Waals surface area contributed by atoms with Gasteiger partial charge in [-0.15, -0.1) is 0 Å². The molecule has 22 heavy (non-hydrogen) atoms. The van der Waals surface area contributed by atoms with Crippen molar-refractivity contribution in [2.45, 2.75) is 6.54 Å². The molecule has 0 fully saturated rings. The fraction of sp³-hybridized carbons (Fsp3) is 0.0667. The summed E-state index contributed by atoms with van der Waals surface area (Å²) < 4.78 is 0.739. The molecule has 0 aliphatic heterocycles. The first kappa shape index (κ1) is 15.7. The first-order valence-corrected chi connectivity index (χ1v) is 7.15. The maximum absolute atomic E-state index is 11.9. The molecule has 0 atom stereocenters. The second kappa shape index (κ2) is 7.90. The third kappa shape index (κ3) is 4.68. The van der Waals surface area contributed by atoms with Gasteiger partial charge in [0.15, 0.2) is 0 Å². The first-order chi connectivity index (χ1) is 10.7. The van der Waals surface area contributed by atoms with Crippen LogP contribution < -0.4 is 10.6 Å². The van der Waals surface area contributed by atoms with Crippen LogP contribution in [0.5, 0.6) is 0 Å².